The summed E-state index contributed by atoms with van der Waals surface area (Å²) in [5, 5.41) is -0.691. The standard InChI is InChI=1S/C13H18F2N2O6/c1-11(2,3)22-9(20)16-7(18)13(14,15)8(19)17(16)10(21)23-12(4,5)6/h1-6H3. The maximum Gasteiger partial charge on any atom is 0.437 e. The number of hydrogen-bond acceptors (Lipinski definition) is 6. The second-order valence-electron chi connectivity index (χ2n) is 6.77. The van der Waals surface area contributed by atoms with Crippen molar-refractivity contribution in [2.75, 3.05) is 0 Å². The third kappa shape index (κ3) is 3.93. The Morgan fingerprint density at radius 2 is 1.09 bits per heavy atom. The molecule has 0 aliphatic carbocycles. The highest BCUT2D eigenvalue weighted by Crippen LogP contribution is 2.31. The Kier molecular flexibility index (Phi) is 4.43. The molecule has 1 heterocycles. The van der Waals surface area contributed by atoms with Gasteiger partial charge in [0.2, 0.25) is 0 Å². The van der Waals surface area contributed by atoms with Gasteiger partial charge in [0.1, 0.15) is 11.2 Å². The predicted molar refractivity (Wildman–Crippen MR) is 71.1 cm³/mol. The van der Waals surface area contributed by atoms with Gasteiger partial charge in [-0.3, -0.25) is 9.59 Å². The van der Waals surface area contributed by atoms with Crippen LogP contribution in [0.25, 0.3) is 0 Å². The SMILES string of the molecule is CC(C)(C)OC(=O)N1C(=O)C(F)(F)C(=O)N1C(=O)OC(C)(C)C. The minimum Gasteiger partial charge on any atom is -0.442 e. The first kappa shape index (κ1) is 18.8. The van der Waals surface area contributed by atoms with E-state index in [2.05, 4.69) is 0 Å². The molecule has 1 fully saturated rings. The monoisotopic (exact) mass is 336 g/mol. The highest BCUT2D eigenvalue weighted by molar-refractivity contribution is 6.20. The van der Waals surface area contributed by atoms with Crippen molar-refractivity contribution in [3.8, 4) is 0 Å². The molecule has 0 saturated carbocycles. The third-order valence-electron chi connectivity index (χ3n) is 2.25. The summed E-state index contributed by atoms with van der Waals surface area (Å²) in [7, 11) is 0. The fraction of sp³-hybridized carbons (Fsp3) is 0.692. The molecule has 1 rings (SSSR count). The zero-order valence-corrected chi connectivity index (χ0v) is 13.6. The zero-order valence-electron chi connectivity index (χ0n) is 13.6. The van der Waals surface area contributed by atoms with Crippen molar-refractivity contribution in [3.63, 3.8) is 0 Å². The average molecular weight is 336 g/mol. The van der Waals surface area contributed by atoms with Crippen LogP contribution < -0.4 is 0 Å². The summed E-state index contributed by atoms with van der Waals surface area (Å²) in [6.07, 6.45) is -3.17. The molecule has 130 valence electrons. The molecule has 4 amide bonds. The summed E-state index contributed by atoms with van der Waals surface area (Å²) in [5.41, 5.74) is -2.28. The van der Waals surface area contributed by atoms with E-state index >= 15 is 0 Å². The van der Waals surface area contributed by atoms with Crippen molar-refractivity contribution < 1.29 is 37.4 Å². The highest BCUT2D eigenvalue weighted by Gasteiger charge is 2.66. The van der Waals surface area contributed by atoms with E-state index in [0.29, 0.717) is 0 Å². The number of carbonyl (C=O) groups excluding carboxylic acids is 4. The molecule has 0 unspecified atom stereocenters. The normalized spacial score (nSPS) is 18.3. The van der Waals surface area contributed by atoms with Gasteiger partial charge < -0.3 is 9.47 Å². The topological polar surface area (TPSA) is 93.2 Å². The molecule has 23 heavy (non-hydrogen) atoms. The first-order valence-corrected chi connectivity index (χ1v) is 6.61. The number of amides is 4. The molecule has 10 heteroatoms. The van der Waals surface area contributed by atoms with Crippen LogP contribution in [0.1, 0.15) is 41.5 Å². The maximum atomic E-state index is 13.6. The van der Waals surface area contributed by atoms with Crippen LogP contribution in [0.3, 0.4) is 0 Å². The van der Waals surface area contributed by atoms with Crippen molar-refractivity contribution in [2.24, 2.45) is 0 Å². The minimum absolute atomic E-state index is 0.346. The molecule has 1 saturated heterocycles. The quantitative estimate of drug-likeness (QED) is 0.629. The van der Waals surface area contributed by atoms with E-state index in [1.54, 1.807) is 0 Å². The lowest BCUT2D eigenvalue weighted by molar-refractivity contribution is -0.153. The predicted octanol–water partition coefficient (Wildman–Crippen LogP) is 2.08. The summed E-state index contributed by atoms with van der Waals surface area (Å²) in [6.45, 7) is 8.52. The molecule has 0 aromatic rings. The Balaban J connectivity index is 3.22. The van der Waals surface area contributed by atoms with Crippen LogP contribution in [0.4, 0.5) is 18.4 Å². The first-order valence-electron chi connectivity index (χ1n) is 6.61. The molecule has 0 bridgehead atoms. The van der Waals surface area contributed by atoms with Crippen LogP contribution >= 0.6 is 0 Å². The van der Waals surface area contributed by atoms with E-state index in [1.165, 1.54) is 41.5 Å². The van der Waals surface area contributed by atoms with Gasteiger partial charge in [-0.1, -0.05) is 0 Å². The molecule has 0 spiro atoms. The van der Waals surface area contributed by atoms with Crippen LogP contribution in [0, 0.1) is 0 Å². The lowest BCUT2D eigenvalue weighted by atomic mass is 10.2. The Morgan fingerprint density at radius 1 is 0.826 bits per heavy atom. The number of alkyl halides is 2. The van der Waals surface area contributed by atoms with Gasteiger partial charge in [-0.2, -0.15) is 8.78 Å². The van der Waals surface area contributed by atoms with E-state index in [9.17, 15) is 28.0 Å². The summed E-state index contributed by atoms with van der Waals surface area (Å²) in [6, 6.07) is 0. The summed E-state index contributed by atoms with van der Waals surface area (Å²) >= 11 is 0. The van der Waals surface area contributed by atoms with Crippen molar-refractivity contribution in [1.82, 2.24) is 10.0 Å². The molecule has 1 aliphatic heterocycles. The van der Waals surface area contributed by atoms with E-state index in [4.69, 9.17) is 9.47 Å². The van der Waals surface area contributed by atoms with Crippen molar-refractivity contribution >= 4 is 24.0 Å². The van der Waals surface area contributed by atoms with Gasteiger partial charge in [0.05, 0.1) is 0 Å². The van der Waals surface area contributed by atoms with Gasteiger partial charge in [-0.15, -0.1) is 10.0 Å². The molecular weight excluding hydrogens is 318 g/mol. The maximum absolute atomic E-state index is 13.6. The van der Waals surface area contributed by atoms with Crippen molar-refractivity contribution in [2.45, 2.75) is 58.7 Å². The number of halogens is 2. The van der Waals surface area contributed by atoms with Gasteiger partial charge in [-0.05, 0) is 41.5 Å². The molecule has 0 aromatic carbocycles. The van der Waals surface area contributed by atoms with Crippen LogP contribution in [-0.4, -0.2) is 51.1 Å². The fourth-order valence-electron chi connectivity index (χ4n) is 1.48. The van der Waals surface area contributed by atoms with Crippen LogP contribution in [0.15, 0.2) is 0 Å². The summed E-state index contributed by atoms with van der Waals surface area (Å²) in [5.74, 6) is -8.92. The Hall–Kier alpha value is -2.26. The van der Waals surface area contributed by atoms with Crippen molar-refractivity contribution in [1.29, 1.82) is 0 Å². The van der Waals surface area contributed by atoms with Gasteiger partial charge in [0.25, 0.3) is 0 Å². The average Bonchev–Trinajstić information content (AvgIpc) is 2.45. The molecule has 0 aromatic heterocycles. The molecule has 0 N–H and O–H groups in total. The number of rotatable bonds is 0. The smallest absolute Gasteiger partial charge is 0.437 e. The largest absolute Gasteiger partial charge is 0.442 e. The third-order valence-corrected chi connectivity index (χ3v) is 2.25. The Morgan fingerprint density at radius 3 is 1.30 bits per heavy atom. The summed E-state index contributed by atoms with van der Waals surface area (Å²) < 4.78 is 36.8. The minimum atomic E-state index is -4.56. The number of hydrogen-bond donors (Lipinski definition) is 0. The Labute approximate surface area is 131 Å². The molecule has 0 atom stereocenters. The Bertz CT molecular complexity index is 514. The second kappa shape index (κ2) is 5.43. The number of hydrazine groups is 1. The molecule has 8 nitrogen and oxygen atoms in total. The first-order chi connectivity index (χ1) is 10.1. The van der Waals surface area contributed by atoms with E-state index in [0.717, 1.165) is 0 Å². The van der Waals surface area contributed by atoms with Crippen LogP contribution in [-0.2, 0) is 19.1 Å². The van der Waals surface area contributed by atoms with Crippen LogP contribution in [0.2, 0.25) is 0 Å². The molecular formula is C13H18F2N2O6. The molecule has 1 aliphatic rings. The van der Waals surface area contributed by atoms with Crippen molar-refractivity contribution in [3.05, 3.63) is 0 Å². The van der Waals surface area contributed by atoms with E-state index < -0.39 is 41.1 Å². The summed E-state index contributed by atoms with van der Waals surface area (Å²) in [4.78, 5) is 47.2. The zero-order chi connectivity index (χ0) is 18.4. The number of imide groups is 2. The van der Waals surface area contributed by atoms with Gasteiger partial charge in [0.15, 0.2) is 0 Å². The van der Waals surface area contributed by atoms with Gasteiger partial charge >= 0.3 is 29.9 Å². The van der Waals surface area contributed by atoms with E-state index in [1.807, 2.05) is 0 Å². The fourth-order valence-corrected chi connectivity index (χ4v) is 1.48. The van der Waals surface area contributed by atoms with Gasteiger partial charge in [0, 0.05) is 0 Å². The van der Waals surface area contributed by atoms with Crippen LogP contribution in [0.5, 0.6) is 0 Å². The molecule has 0 radical (unpaired) electrons. The lowest BCUT2D eigenvalue weighted by Crippen LogP contribution is -2.51. The number of nitrogens with zero attached hydrogens (tertiary/aromatic N) is 2. The number of carbonyl (C=O) groups is 4. The number of ether oxygens (including phenoxy) is 2. The lowest BCUT2D eigenvalue weighted by Gasteiger charge is -2.28. The second-order valence-corrected chi connectivity index (χ2v) is 6.77. The van der Waals surface area contributed by atoms with E-state index in [-0.39, 0.29) is 10.0 Å². The van der Waals surface area contributed by atoms with Gasteiger partial charge in [-0.25, -0.2) is 9.59 Å². The highest BCUT2D eigenvalue weighted by atomic mass is 19.3.